The molecule has 0 N–H and O–H groups in total. The fraction of sp³-hybridized carbons (Fsp3) is 0.200. The molecule has 3 heteroatoms. The van der Waals surface area contributed by atoms with Gasteiger partial charge in [-0.3, -0.25) is 0 Å². The summed E-state index contributed by atoms with van der Waals surface area (Å²) in [7, 11) is 0. The molecule has 0 rings (SSSR count). The first-order valence-corrected chi connectivity index (χ1v) is 1.97. The number of ether oxygens (including phenoxy) is 1. The average molecular weight is 111 g/mol. The third kappa shape index (κ3) is 2.91. The van der Waals surface area contributed by atoms with Gasteiger partial charge in [-0.1, -0.05) is 6.58 Å². The summed E-state index contributed by atoms with van der Waals surface area (Å²) in [5.74, 6) is -0.563. The van der Waals surface area contributed by atoms with Crippen LogP contribution in [0.4, 0.5) is 0 Å². The van der Waals surface area contributed by atoms with Crippen LogP contribution >= 0.6 is 0 Å². The van der Waals surface area contributed by atoms with Crippen molar-refractivity contribution >= 4 is 5.97 Å². The van der Waals surface area contributed by atoms with Crippen LogP contribution in [0.2, 0.25) is 0 Å². The third-order valence-electron chi connectivity index (χ3n) is 0.446. The summed E-state index contributed by atoms with van der Waals surface area (Å²) in [6.07, 6.45) is 1.01. The largest absolute Gasteiger partial charge is 0.447 e. The normalized spacial score (nSPS) is 6.88. The number of hydrogen-bond donors (Lipinski definition) is 0. The highest BCUT2D eigenvalue weighted by atomic mass is 16.5. The number of nitriles is 1. The van der Waals surface area contributed by atoms with Crippen molar-refractivity contribution < 1.29 is 9.53 Å². The van der Waals surface area contributed by atoms with E-state index in [-0.39, 0.29) is 6.61 Å². The molecule has 0 heterocycles. The van der Waals surface area contributed by atoms with E-state index in [0.717, 1.165) is 6.08 Å². The van der Waals surface area contributed by atoms with Gasteiger partial charge in [0.15, 0.2) is 6.61 Å². The van der Waals surface area contributed by atoms with E-state index in [1.54, 1.807) is 6.07 Å². The summed E-state index contributed by atoms with van der Waals surface area (Å²) in [6.45, 7) is 2.93. The molecule has 0 aliphatic heterocycles. The van der Waals surface area contributed by atoms with Gasteiger partial charge in [0.05, 0.1) is 0 Å². The summed E-state index contributed by atoms with van der Waals surface area (Å²) in [6, 6.07) is 1.64. The molecule has 0 radical (unpaired) electrons. The predicted molar refractivity (Wildman–Crippen MR) is 26.8 cm³/mol. The van der Waals surface area contributed by atoms with E-state index in [4.69, 9.17) is 5.26 Å². The second-order valence-electron chi connectivity index (χ2n) is 0.970. The quantitative estimate of drug-likeness (QED) is 0.379. The topological polar surface area (TPSA) is 50.1 Å². The minimum absolute atomic E-state index is 0.204. The van der Waals surface area contributed by atoms with Crippen molar-refractivity contribution in [1.82, 2.24) is 0 Å². The van der Waals surface area contributed by atoms with Gasteiger partial charge >= 0.3 is 5.97 Å². The molecule has 8 heavy (non-hydrogen) atoms. The number of carbonyl (C=O) groups excluding carboxylic acids is 1. The summed E-state index contributed by atoms with van der Waals surface area (Å²) in [4.78, 5) is 10.1. The Hall–Kier alpha value is -1.30. The molecule has 0 fully saturated rings. The van der Waals surface area contributed by atoms with E-state index in [2.05, 4.69) is 11.3 Å². The van der Waals surface area contributed by atoms with Gasteiger partial charge in [-0.05, 0) is 0 Å². The van der Waals surface area contributed by atoms with Gasteiger partial charge in [-0.15, -0.1) is 0 Å². The van der Waals surface area contributed by atoms with E-state index >= 15 is 0 Å². The lowest BCUT2D eigenvalue weighted by atomic mass is 10.6. The van der Waals surface area contributed by atoms with Gasteiger partial charge in [-0.2, -0.15) is 5.26 Å². The van der Waals surface area contributed by atoms with Gasteiger partial charge < -0.3 is 4.74 Å². The zero-order valence-corrected chi connectivity index (χ0v) is 4.26. The van der Waals surface area contributed by atoms with E-state index in [1.165, 1.54) is 0 Å². The van der Waals surface area contributed by atoms with Crippen molar-refractivity contribution in [3.63, 3.8) is 0 Å². The minimum atomic E-state index is -0.563. The Morgan fingerprint density at radius 3 is 3.00 bits per heavy atom. The van der Waals surface area contributed by atoms with Gasteiger partial charge in [0.25, 0.3) is 0 Å². The Bertz CT molecular complexity index is 134. The van der Waals surface area contributed by atoms with E-state index in [0.29, 0.717) is 0 Å². The van der Waals surface area contributed by atoms with Crippen LogP contribution in [0.15, 0.2) is 12.7 Å². The lowest BCUT2D eigenvalue weighted by molar-refractivity contribution is -0.136. The molecule has 0 saturated heterocycles. The molecule has 0 aromatic rings. The van der Waals surface area contributed by atoms with Crippen LogP contribution in [0.5, 0.6) is 0 Å². The maximum absolute atomic E-state index is 10.1. The number of hydrogen-bond acceptors (Lipinski definition) is 3. The smallest absolute Gasteiger partial charge is 0.331 e. The highest BCUT2D eigenvalue weighted by molar-refractivity contribution is 5.81. The monoisotopic (exact) mass is 111 g/mol. The maximum atomic E-state index is 10.1. The lowest BCUT2D eigenvalue weighted by Crippen LogP contribution is -1.98. The number of carbonyl (C=O) groups is 1. The minimum Gasteiger partial charge on any atom is -0.447 e. The molecule has 0 aromatic carbocycles. The van der Waals surface area contributed by atoms with E-state index < -0.39 is 5.97 Å². The van der Waals surface area contributed by atoms with Crippen molar-refractivity contribution in [2.24, 2.45) is 0 Å². The molecule has 0 unspecified atom stereocenters. The SMILES string of the molecule is C=CC(=O)OCC#N. The van der Waals surface area contributed by atoms with Gasteiger partial charge in [0.1, 0.15) is 6.07 Å². The van der Waals surface area contributed by atoms with Crippen LogP contribution in [-0.2, 0) is 9.53 Å². The zero-order valence-electron chi connectivity index (χ0n) is 4.26. The van der Waals surface area contributed by atoms with Crippen LogP contribution in [0.3, 0.4) is 0 Å². The highest BCUT2D eigenvalue weighted by Gasteiger charge is 1.89. The fourth-order valence-corrected chi connectivity index (χ4v) is 0.162. The standard InChI is InChI=1S/C5H5NO2/c1-2-5(7)8-4-3-6/h2H,1,4H2. The molecule has 0 saturated carbocycles. The van der Waals surface area contributed by atoms with Crippen molar-refractivity contribution in [2.75, 3.05) is 6.61 Å². The molecule has 0 spiro atoms. The first-order chi connectivity index (χ1) is 3.81. The fourth-order valence-electron chi connectivity index (χ4n) is 0.162. The average Bonchev–Trinajstić information content (AvgIpc) is 1.83. The van der Waals surface area contributed by atoms with Crippen LogP contribution in [0, 0.1) is 11.3 Å². The first-order valence-electron chi connectivity index (χ1n) is 1.97. The predicted octanol–water partition coefficient (Wildman–Crippen LogP) is 0.239. The molecule has 0 aliphatic carbocycles. The van der Waals surface area contributed by atoms with E-state index in [9.17, 15) is 4.79 Å². The van der Waals surface area contributed by atoms with Gasteiger partial charge in [0, 0.05) is 6.08 Å². The Morgan fingerprint density at radius 2 is 2.62 bits per heavy atom. The summed E-state index contributed by atoms with van der Waals surface area (Å²) in [5, 5.41) is 7.85. The Balaban J connectivity index is 3.28. The van der Waals surface area contributed by atoms with Crippen molar-refractivity contribution in [3.05, 3.63) is 12.7 Å². The Morgan fingerprint density at radius 1 is 2.00 bits per heavy atom. The molecule has 0 aliphatic rings. The van der Waals surface area contributed by atoms with Crippen molar-refractivity contribution in [2.45, 2.75) is 0 Å². The molecule has 0 bridgehead atoms. The van der Waals surface area contributed by atoms with Gasteiger partial charge in [-0.25, -0.2) is 4.79 Å². The lowest BCUT2D eigenvalue weighted by Gasteiger charge is -1.88. The molecule has 0 amide bonds. The summed E-state index contributed by atoms with van der Waals surface area (Å²) < 4.78 is 4.22. The zero-order chi connectivity index (χ0) is 6.41. The number of nitrogens with zero attached hydrogens (tertiary/aromatic N) is 1. The van der Waals surface area contributed by atoms with E-state index in [1.807, 2.05) is 0 Å². The van der Waals surface area contributed by atoms with Crippen molar-refractivity contribution in [3.8, 4) is 6.07 Å². The van der Waals surface area contributed by atoms with Crippen LogP contribution in [0.25, 0.3) is 0 Å². The van der Waals surface area contributed by atoms with Crippen LogP contribution in [-0.4, -0.2) is 12.6 Å². The second kappa shape index (κ2) is 3.88. The third-order valence-corrected chi connectivity index (χ3v) is 0.446. The van der Waals surface area contributed by atoms with Crippen LogP contribution < -0.4 is 0 Å². The number of rotatable bonds is 2. The molecule has 42 valence electrons. The number of esters is 1. The molecular weight excluding hydrogens is 106 g/mol. The second-order valence-corrected chi connectivity index (χ2v) is 0.970. The summed E-state index contributed by atoms with van der Waals surface area (Å²) >= 11 is 0. The molecular formula is C5H5NO2. The Labute approximate surface area is 47.2 Å². The first kappa shape index (κ1) is 6.70. The molecule has 0 atom stereocenters. The summed E-state index contributed by atoms with van der Waals surface area (Å²) in [5.41, 5.74) is 0. The Kier molecular flexibility index (Phi) is 3.25. The van der Waals surface area contributed by atoms with Crippen LogP contribution in [0.1, 0.15) is 0 Å². The van der Waals surface area contributed by atoms with Crippen molar-refractivity contribution in [1.29, 1.82) is 5.26 Å². The highest BCUT2D eigenvalue weighted by Crippen LogP contribution is 1.74. The maximum Gasteiger partial charge on any atom is 0.331 e. The molecule has 3 nitrogen and oxygen atoms in total. The van der Waals surface area contributed by atoms with Gasteiger partial charge in [0.2, 0.25) is 0 Å². The molecule has 0 aromatic heterocycles.